The summed E-state index contributed by atoms with van der Waals surface area (Å²) in [6, 6.07) is 20.5. The zero-order valence-corrected chi connectivity index (χ0v) is 17.2. The van der Waals surface area contributed by atoms with E-state index in [0.29, 0.717) is 10.6 Å². The molecule has 0 atom stereocenters. The van der Waals surface area contributed by atoms with E-state index in [4.69, 9.17) is 9.72 Å². The fourth-order valence-electron chi connectivity index (χ4n) is 3.30. The number of hydrogen-bond donors (Lipinski definition) is 0. The van der Waals surface area contributed by atoms with E-state index in [1.54, 1.807) is 25.3 Å². The molecule has 0 aliphatic carbocycles. The Kier molecular flexibility index (Phi) is 4.80. The van der Waals surface area contributed by atoms with Gasteiger partial charge in [0, 0.05) is 11.8 Å². The molecule has 1 aromatic heterocycles. The Morgan fingerprint density at radius 3 is 2.21 bits per heavy atom. The molecular weight excluding hydrogens is 384 g/mol. The van der Waals surface area contributed by atoms with Crippen molar-refractivity contribution in [2.24, 2.45) is 0 Å². The third-order valence-corrected chi connectivity index (χ3v) is 5.92. The highest BCUT2D eigenvalue weighted by molar-refractivity contribution is 7.90. The molecule has 0 fully saturated rings. The summed E-state index contributed by atoms with van der Waals surface area (Å²) in [4.78, 5) is 9.78. The van der Waals surface area contributed by atoms with Gasteiger partial charge in [-0.1, -0.05) is 42.5 Å². The Hall–Kier alpha value is -3.25. The molecule has 0 radical (unpaired) electrons. The van der Waals surface area contributed by atoms with Gasteiger partial charge in [0.05, 0.1) is 28.9 Å². The summed E-state index contributed by atoms with van der Waals surface area (Å²) >= 11 is 0. The van der Waals surface area contributed by atoms with Crippen LogP contribution in [0.25, 0.3) is 33.4 Å². The van der Waals surface area contributed by atoms with Crippen LogP contribution in [0.15, 0.2) is 71.6 Å². The molecule has 3 aromatic carbocycles. The fourth-order valence-corrected chi connectivity index (χ4v) is 3.97. The second-order valence-corrected chi connectivity index (χ2v) is 8.88. The van der Waals surface area contributed by atoms with E-state index in [1.165, 1.54) is 6.26 Å². The minimum atomic E-state index is -3.25. The molecule has 6 heteroatoms. The van der Waals surface area contributed by atoms with E-state index in [0.717, 1.165) is 39.1 Å². The maximum atomic E-state index is 11.8. The topological polar surface area (TPSA) is 69.2 Å². The van der Waals surface area contributed by atoms with Crippen LogP contribution in [0, 0.1) is 6.92 Å². The minimum Gasteiger partial charge on any atom is -0.494 e. The Morgan fingerprint density at radius 2 is 1.52 bits per heavy atom. The number of aromatic nitrogens is 2. The number of para-hydroxylation sites is 1. The van der Waals surface area contributed by atoms with Crippen LogP contribution < -0.4 is 4.74 Å². The highest BCUT2D eigenvalue weighted by Crippen LogP contribution is 2.30. The average Bonchev–Trinajstić information content (AvgIpc) is 2.72. The van der Waals surface area contributed by atoms with Crippen molar-refractivity contribution < 1.29 is 13.2 Å². The SMILES string of the molecule is COc1cccc2nc(C)c(-c3ccc(-c4cccc(S(C)(=O)=O)c4)cc3)nc12. The first-order valence-corrected chi connectivity index (χ1v) is 11.0. The highest BCUT2D eigenvalue weighted by atomic mass is 32.2. The molecule has 0 saturated carbocycles. The second-order valence-electron chi connectivity index (χ2n) is 6.86. The van der Waals surface area contributed by atoms with Gasteiger partial charge in [0.15, 0.2) is 9.84 Å². The Labute approximate surface area is 170 Å². The molecule has 29 heavy (non-hydrogen) atoms. The van der Waals surface area contributed by atoms with Crippen LogP contribution in [-0.2, 0) is 9.84 Å². The van der Waals surface area contributed by atoms with Crippen LogP contribution in [0.4, 0.5) is 0 Å². The number of methoxy groups -OCH3 is 1. The van der Waals surface area contributed by atoms with E-state index >= 15 is 0 Å². The zero-order chi connectivity index (χ0) is 20.6. The van der Waals surface area contributed by atoms with Crippen molar-refractivity contribution >= 4 is 20.9 Å². The molecule has 146 valence electrons. The van der Waals surface area contributed by atoms with Gasteiger partial charge in [-0.05, 0) is 42.3 Å². The van der Waals surface area contributed by atoms with Gasteiger partial charge in [0.25, 0.3) is 0 Å². The first-order valence-electron chi connectivity index (χ1n) is 9.09. The zero-order valence-electron chi connectivity index (χ0n) is 16.4. The molecule has 1 heterocycles. The summed E-state index contributed by atoms with van der Waals surface area (Å²) < 4.78 is 29.1. The third-order valence-electron chi connectivity index (χ3n) is 4.81. The molecule has 5 nitrogen and oxygen atoms in total. The van der Waals surface area contributed by atoms with Gasteiger partial charge in [0.1, 0.15) is 11.3 Å². The van der Waals surface area contributed by atoms with Gasteiger partial charge in [0.2, 0.25) is 0 Å². The standard InChI is InChI=1S/C23H20N2O3S/c1-15-22(25-23-20(24-15)8-5-9-21(23)28-2)17-12-10-16(11-13-17)18-6-4-7-19(14-18)29(3,26)27/h4-14H,1-3H3. The summed E-state index contributed by atoms with van der Waals surface area (Å²) in [6.45, 7) is 1.94. The normalized spacial score (nSPS) is 11.6. The number of rotatable bonds is 4. The molecule has 0 aliphatic heterocycles. The first-order chi connectivity index (χ1) is 13.9. The summed E-state index contributed by atoms with van der Waals surface area (Å²) in [5, 5.41) is 0. The molecule has 0 spiro atoms. The summed E-state index contributed by atoms with van der Waals surface area (Å²) in [7, 11) is -1.63. The van der Waals surface area contributed by atoms with Crippen LogP contribution in [0.5, 0.6) is 5.75 Å². The minimum absolute atomic E-state index is 0.308. The van der Waals surface area contributed by atoms with Gasteiger partial charge >= 0.3 is 0 Å². The summed E-state index contributed by atoms with van der Waals surface area (Å²) in [5.74, 6) is 0.686. The van der Waals surface area contributed by atoms with E-state index in [1.807, 2.05) is 55.5 Å². The Bertz CT molecular complexity index is 1310. The van der Waals surface area contributed by atoms with Gasteiger partial charge in [-0.2, -0.15) is 0 Å². The van der Waals surface area contributed by atoms with Gasteiger partial charge < -0.3 is 4.74 Å². The van der Waals surface area contributed by atoms with Gasteiger partial charge in [-0.3, -0.25) is 0 Å². The van der Waals surface area contributed by atoms with E-state index in [9.17, 15) is 8.42 Å². The second kappa shape index (κ2) is 7.29. The lowest BCUT2D eigenvalue weighted by Gasteiger charge is -2.10. The highest BCUT2D eigenvalue weighted by Gasteiger charge is 2.12. The van der Waals surface area contributed by atoms with E-state index < -0.39 is 9.84 Å². The van der Waals surface area contributed by atoms with Crippen molar-refractivity contribution in [3.05, 3.63) is 72.4 Å². The van der Waals surface area contributed by atoms with Gasteiger partial charge in [-0.25, -0.2) is 18.4 Å². The number of sulfone groups is 1. The molecule has 4 aromatic rings. The van der Waals surface area contributed by atoms with Crippen molar-refractivity contribution in [1.29, 1.82) is 0 Å². The van der Waals surface area contributed by atoms with Crippen molar-refractivity contribution in [3.8, 4) is 28.1 Å². The molecule has 4 rings (SSSR count). The smallest absolute Gasteiger partial charge is 0.175 e. The van der Waals surface area contributed by atoms with E-state index in [-0.39, 0.29) is 0 Å². The maximum absolute atomic E-state index is 11.8. The van der Waals surface area contributed by atoms with Crippen LogP contribution in [0.2, 0.25) is 0 Å². The van der Waals surface area contributed by atoms with Crippen LogP contribution in [0.1, 0.15) is 5.69 Å². The number of nitrogens with zero attached hydrogens (tertiary/aromatic N) is 2. The molecule has 0 unspecified atom stereocenters. The number of benzene rings is 3. The van der Waals surface area contributed by atoms with Crippen molar-refractivity contribution in [2.45, 2.75) is 11.8 Å². The predicted molar refractivity (Wildman–Crippen MR) is 115 cm³/mol. The largest absolute Gasteiger partial charge is 0.494 e. The number of hydrogen-bond acceptors (Lipinski definition) is 5. The number of fused-ring (bicyclic) bond motifs is 1. The lowest BCUT2D eigenvalue weighted by atomic mass is 10.0. The molecule has 0 saturated heterocycles. The fraction of sp³-hybridized carbons (Fsp3) is 0.130. The number of aryl methyl sites for hydroxylation is 1. The Balaban J connectivity index is 1.76. The molecular formula is C23H20N2O3S. The van der Waals surface area contributed by atoms with E-state index in [2.05, 4.69) is 4.98 Å². The molecule has 0 bridgehead atoms. The predicted octanol–water partition coefficient (Wildman–Crippen LogP) is 4.68. The first kappa shape index (κ1) is 19.1. The lowest BCUT2D eigenvalue weighted by molar-refractivity contribution is 0.419. The third kappa shape index (κ3) is 3.71. The lowest BCUT2D eigenvalue weighted by Crippen LogP contribution is -1.97. The van der Waals surface area contributed by atoms with Crippen LogP contribution >= 0.6 is 0 Å². The summed E-state index contributed by atoms with van der Waals surface area (Å²) in [6.07, 6.45) is 1.21. The van der Waals surface area contributed by atoms with Crippen molar-refractivity contribution in [1.82, 2.24) is 9.97 Å². The average molecular weight is 404 g/mol. The molecule has 0 aliphatic rings. The molecule has 0 amide bonds. The van der Waals surface area contributed by atoms with Gasteiger partial charge in [-0.15, -0.1) is 0 Å². The number of ether oxygens (including phenoxy) is 1. The Morgan fingerprint density at radius 1 is 0.828 bits per heavy atom. The molecule has 0 N–H and O–H groups in total. The van der Waals surface area contributed by atoms with Crippen LogP contribution in [-0.4, -0.2) is 31.8 Å². The maximum Gasteiger partial charge on any atom is 0.175 e. The summed E-state index contributed by atoms with van der Waals surface area (Å²) in [5.41, 5.74) is 5.85. The van der Waals surface area contributed by atoms with Crippen molar-refractivity contribution in [3.63, 3.8) is 0 Å². The monoisotopic (exact) mass is 404 g/mol. The quantitative estimate of drug-likeness (QED) is 0.494. The van der Waals surface area contributed by atoms with Crippen LogP contribution in [0.3, 0.4) is 0 Å². The van der Waals surface area contributed by atoms with Crippen molar-refractivity contribution in [2.75, 3.05) is 13.4 Å².